The van der Waals surface area contributed by atoms with Crippen LogP contribution in [0.15, 0.2) is 30.3 Å². The number of benzene rings is 1. The third-order valence-corrected chi connectivity index (χ3v) is 3.06. The topological polar surface area (TPSA) is 47.6 Å². The highest BCUT2D eigenvalue weighted by Gasteiger charge is 2.23. The average molecular weight is 293 g/mol. The largest absolute Gasteiger partial charge is 0.445 e. The Hall–Kier alpha value is -1.55. The highest BCUT2D eigenvalue weighted by molar-refractivity contribution is 5.67. The highest BCUT2D eigenvalue weighted by Crippen LogP contribution is 2.14. The van der Waals surface area contributed by atoms with E-state index < -0.39 is 6.09 Å². The Kier molecular flexibility index (Phi) is 6.69. The molecular weight excluding hydrogens is 266 g/mol. The second-order valence-electron chi connectivity index (χ2n) is 6.16. The Bertz CT molecular complexity index is 425. The summed E-state index contributed by atoms with van der Waals surface area (Å²) in [4.78, 5) is 11.9. The quantitative estimate of drug-likeness (QED) is 0.865. The summed E-state index contributed by atoms with van der Waals surface area (Å²) >= 11 is 0. The number of alkyl carbamates (subject to hydrolysis) is 1. The molecule has 0 unspecified atom stereocenters. The van der Waals surface area contributed by atoms with Crippen molar-refractivity contribution in [2.24, 2.45) is 0 Å². The number of carbonyl (C=O) groups is 1. The number of ether oxygens (including phenoxy) is 2. The number of rotatable bonds is 6. The third kappa shape index (κ3) is 7.14. The SMILES string of the molecule is CC[C@@H](NC(=O)OCc1ccccc1)[C@@H](C)OC(C)(C)C. The lowest BCUT2D eigenvalue weighted by Gasteiger charge is -2.30. The number of hydrogen-bond acceptors (Lipinski definition) is 3. The number of amides is 1. The summed E-state index contributed by atoms with van der Waals surface area (Å²) in [5.41, 5.74) is 0.738. The van der Waals surface area contributed by atoms with Crippen LogP contribution in [0.3, 0.4) is 0 Å². The minimum Gasteiger partial charge on any atom is -0.445 e. The van der Waals surface area contributed by atoms with Crippen LogP contribution < -0.4 is 5.32 Å². The third-order valence-electron chi connectivity index (χ3n) is 3.06. The summed E-state index contributed by atoms with van der Waals surface area (Å²) in [7, 11) is 0. The number of nitrogens with one attached hydrogen (secondary N) is 1. The fraction of sp³-hybridized carbons (Fsp3) is 0.588. The van der Waals surface area contributed by atoms with Gasteiger partial charge in [0.15, 0.2) is 0 Å². The fourth-order valence-corrected chi connectivity index (χ4v) is 2.11. The Morgan fingerprint density at radius 3 is 2.38 bits per heavy atom. The van der Waals surface area contributed by atoms with Crippen molar-refractivity contribution >= 4 is 6.09 Å². The van der Waals surface area contributed by atoms with E-state index in [-0.39, 0.29) is 24.4 Å². The minimum atomic E-state index is -0.407. The first-order chi connectivity index (χ1) is 9.81. The van der Waals surface area contributed by atoms with Crippen LogP contribution in [0.5, 0.6) is 0 Å². The molecule has 0 aliphatic rings. The molecule has 1 N–H and O–H groups in total. The fourth-order valence-electron chi connectivity index (χ4n) is 2.11. The van der Waals surface area contributed by atoms with Crippen LogP contribution in [-0.2, 0) is 16.1 Å². The van der Waals surface area contributed by atoms with E-state index in [1.807, 2.05) is 65.0 Å². The van der Waals surface area contributed by atoms with E-state index in [4.69, 9.17) is 9.47 Å². The van der Waals surface area contributed by atoms with Crippen LogP contribution in [0.1, 0.15) is 46.6 Å². The molecule has 0 aromatic heterocycles. The van der Waals surface area contributed by atoms with Crippen molar-refractivity contribution in [1.82, 2.24) is 5.32 Å². The smallest absolute Gasteiger partial charge is 0.407 e. The lowest BCUT2D eigenvalue weighted by atomic mass is 10.1. The van der Waals surface area contributed by atoms with Crippen LogP contribution >= 0.6 is 0 Å². The van der Waals surface area contributed by atoms with Crippen molar-refractivity contribution in [3.63, 3.8) is 0 Å². The van der Waals surface area contributed by atoms with Gasteiger partial charge < -0.3 is 14.8 Å². The van der Waals surface area contributed by atoms with Gasteiger partial charge in [-0.05, 0) is 39.7 Å². The van der Waals surface area contributed by atoms with Crippen molar-refractivity contribution in [3.05, 3.63) is 35.9 Å². The van der Waals surface area contributed by atoms with Gasteiger partial charge in [-0.15, -0.1) is 0 Å². The second-order valence-corrected chi connectivity index (χ2v) is 6.16. The summed E-state index contributed by atoms with van der Waals surface area (Å²) in [6.45, 7) is 10.3. The van der Waals surface area contributed by atoms with Crippen LogP contribution in [0, 0.1) is 0 Å². The summed E-state index contributed by atoms with van der Waals surface area (Å²) in [5, 5.41) is 2.87. The predicted octanol–water partition coefficient (Wildman–Crippen LogP) is 3.90. The molecule has 4 heteroatoms. The molecular formula is C17H27NO3. The van der Waals surface area contributed by atoms with Gasteiger partial charge in [0.25, 0.3) is 0 Å². The maximum Gasteiger partial charge on any atom is 0.407 e. The average Bonchev–Trinajstić information content (AvgIpc) is 2.41. The van der Waals surface area contributed by atoms with Gasteiger partial charge in [0, 0.05) is 0 Å². The normalized spacial score (nSPS) is 14.3. The Morgan fingerprint density at radius 2 is 1.86 bits per heavy atom. The standard InChI is InChI=1S/C17H27NO3/c1-6-15(13(2)21-17(3,4)5)18-16(19)20-12-14-10-8-7-9-11-14/h7-11,13,15H,6,12H2,1-5H3,(H,18,19)/t13-,15-/m1/s1. The van der Waals surface area contributed by atoms with E-state index in [2.05, 4.69) is 5.32 Å². The number of carbonyl (C=O) groups excluding carboxylic acids is 1. The predicted molar refractivity (Wildman–Crippen MR) is 84.1 cm³/mol. The van der Waals surface area contributed by atoms with Gasteiger partial charge in [-0.2, -0.15) is 0 Å². The maximum absolute atomic E-state index is 11.9. The molecule has 0 fully saturated rings. The number of hydrogen-bond donors (Lipinski definition) is 1. The van der Waals surface area contributed by atoms with E-state index in [1.165, 1.54) is 0 Å². The van der Waals surface area contributed by atoms with Crippen molar-refractivity contribution in [2.75, 3.05) is 0 Å². The maximum atomic E-state index is 11.9. The van der Waals surface area contributed by atoms with Gasteiger partial charge >= 0.3 is 6.09 Å². The van der Waals surface area contributed by atoms with E-state index in [0.29, 0.717) is 0 Å². The minimum absolute atomic E-state index is 0.0625. The summed E-state index contributed by atoms with van der Waals surface area (Å²) < 4.78 is 11.1. The zero-order valence-corrected chi connectivity index (χ0v) is 13.7. The van der Waals surface area contributed by atoms with E-state index in [1.54, 1.807) is 0 Å². The Morgan fingerprint density at radius 1 is 1.24 bits per heavy atom. The molecule has 1 amide bonds. The molecule has 2 atom stereocenters. The molecule has 0 heterocycles. The molecule has 0 saturated heterocycles. The van der Waals surface area contributed by atoms with Crippen LogP contribution in [-0.4, -0.2) is 23.8 Å². The first-order valence-electron chi connectivity index (χ1n) is 7.47. The first kappa shape index (κ1) is 17.5. The van der Waals surface area contributed by atoms with Gasteiger partial charge in [-0.25, -0.2) is 4.79 Å². The Balaban J connectivity index is 2.43. The first-order valence-corrected chi connectivity index (χ1v) is 7.47. The molecule has 0 aliphatic heterocycles. The van der Waals surface area contributed by atoms with E-state index >= 15 is 0 Å². The van der Waals surface area contributed by atoms with Crippen LogP contribution in [0.2, 0.25) is 0 Å². The van der Waals surface area contributed by atoms with Crippen LogP contribution in [0.4, 0.5) is 4.79 Å². The summed E-state index contributed by atoms with van der Waals surface area (Å²) in [5.74, 6) is 0. The molecule has 0 spiro atoms. The van der Waals surface area contributed by atoms with Gasteiger partial charge in [-0.3, -0.25) is 0 Å². The molecule has 21 heavy (non-hydrogen) atoms. The lowest BCUT2D eigenvalue weighted by molar-refractivity contribution is -0.0662. The molecule has 4 nitrogen and oxygen atoms in total. The molecule has 0 bridgehead atoms. The molecule has 0 radical (unpaired) electrons. The van der Waals surface area contributed by atoms with Crippen LogP contribution in [0.25, 0.3) is 0 Å². The monoisotopic (exact) mass is 293 g/mol. The van der Waals surface area contributed by atoms with Gasteiger partial charge in [0.2, 0.25) is 0 Å². The second kappa shape index (κ2) is 8.03. The highest BCUT2D eigenvalue weighted by atomic mass is 16.5. The van der Waals surface area contributed by atoms with Crippen molar-refractivity contribution < 1.29 is 14.3 Å². The summed E-state index contributed by atoms with van der Waals surface area (Å²) in [6, 6.07) is 9.57. The van der Waals surface area contributed by atoms with Crippen molar-refractivity contribution in [1.29, 1.82) is 0 Å². The van der Waals surface area contributed by atoms with Crippen molar-refractivity contribution in [3.8, 4) is 0 Å². The van der Waals surface area contributed by atoms with Gasteiger partial charge in [-0.1, -0.05) is 37.3 Å². The zero-order valence-electron chi connectivity index (χ0n) is 13.7. The lowest BCUT2D eigenvalue weighted by Crippen LogP contribution is -2.45. The zero-order chi connectivity index (χ0) is 15.9. The molecule has 0 saturated carbocycles. The van der Waals surface area contributed by atoms with E-state index in [0.717, 1.165) is 12.0 Å². The molecule has 1 aromatic carbocycles. The molecule has 0 aliphatic carbocycles. The van der Waals surface area contributed by atoms with E-state index in [9.17, 15) is 4.79 Å². The molecule has 1 aromatic rings. The van der Waals surface area contributed by atoms with Gasteiger partial charge in [0.05, 0.1) is 17.7 Å². The van der Waals surface area contributed by atoms with Crippen molar-refractivity contribution in [2.45, 2.75) is 65.4 Å². The molecule has 118 valence electrons. The van der Waals surface area contributed by atoms with Gasteiger partial charge in [0.1, 0.15) is 6.61 Å². The summed E-state index contributed by atoms with van der Waals surface area (Å²) in [6.07, 6.45) is 0.312. The molecule has 1 rings (SSSR count). The Labute approximate surface area is 127 Å².